The lowest BCUT2D eigenvalue weighted by atomic mass is 9.93. The van der Waals surface area contributed by atoms with E-state index >= 15 is 0 Å². The fourth-order valence-electron chi connectivity index (χ4n) is 4.57. The van der Waals surface area contributed by atoms with Crippen LogP contribution in [0.3, 0.4) is 0 Å². The first kappa shape index (κ1) is 19.6. The molecular formula is C26H22F2N2O. The van der Waals surface area contributed by atoms with Gasteiger partial charge in [0.25, 0.3) is 0 Å². The van der Waals surface area contributed by atoms with Crippen molar-refractivity contribution in [3.63, 3.8) is 0 Å². The molecule has 3 nitrogen and oxygen atoms in total. The van der Waals surface area contributed by atoms with Crippen LogP contribution in [0.5, 0.6) is 0 Å². The van der Waals surface area contributed by atoms with Gasteiger partial charge in [-0.2, -0.15) is 0 Å². The van der Waals surface area contributed by atoms with Crippen LogP contribution in [0.15, 0.2) is 78.9 Å². The summed E-state index contributed by atoms with van der Waals surface area (Å²) in [6, 6.07) is 20.3. The third-order valence-electron chi connectivity index (χ3n) is 6.09. The standard InChI is InChI=1S/C26H22F2N2O/c27-20-10-11-23(28)22(15-20)19-14-24(18-7-2-1-3-8-18)30(16-19)26(31)25-21-9-5-4-6-17(21)12-13-29-25/h1-11,14-15,24-25,29H,12-13,16H2. The van der Waals surface area contributed by atoms with Gasteiger partial charge >= 0.3 is 0 Å². The minimum atomic E-state index is -0.499. The Morgan fingerprint density at radius 3 is 2.58 bits per heavy atom. The summed E-state index contributed by atoms with van der Waals surface area (Å²) in [7, 11) is 0. The van der Waals surface area contributed by atoms with E-state index in [1.54, 1.807) is 4.90 Å². The summed E-state index contributed by atoms with van der Waals surface area (Å²) in [6.07, 6.45) is 2.75. The molecular weight excluding hydrogens is 394 g/mol. The van der Waals surface area contributed by atoms with E-state index in [-0.39, 0.29) is 24.1 Å². The van der Waals surface area contributed by atoms with Crippen molar-refractivity contribution < 1.29 is 13.6 Å². The van der Waals surface area contributed by atoms with Gasteiger partial charge in [0, 0.05) is 18.7 Å². The van der Waals surface area contributed by atoms with Gasteiger partial charge in [-0.15, -0.1) is 0 Å². The van der Waals surface area contributed by atoms with Gasteiger partial charge in [-0.3, -0.25) is 4.79 Å². The number of nitrogens with zero attached hydrogens (tertiary/aromatic N) is 1. The zero-order valence-corrected chi connectivity index (χ0v) is 16.9. The molecule has 0 aromatic heterocycles. The van der Waals surface area contributed by atoms with Gasteiger partial charge in [0.2, 0.25) is 5.91 Å². The van der Waals surface area contributed by atoms with E-state index in [0.717, 1.165) is 36.2 Å². The maximum Gasteiger partial charge on any atom is 0.245 e. The number of carbonyl (C=O) groups is 1. The average molecular weight is 416 g/mol. The average Bonchev–Trinajstić information content (AvgIpc) is 3.26. The van der Waals surface area contributed by atoms with E-state index < -0.39 is 17.7 Å². The zero-order chi connectivity index (χ0) is 21.4. The second kappa shape index (κ2) is 8.08. The van der Waals surface area contributed by atoms with E-state index in [1.807, 2.05) is 54.6 Å². The van der Waals surface area contributed by atoms with Crippen LogP contribution >= 0.6 is 0 Å². The summed E-state index contributed by atoms with van der Waals surface area (Å²) in [5.74, 6) is -1.06. The van der Waals surface area contributed by atoms with Crippen molar-refractivity contribution in [3.8, 4) is 0 Å². The largest absolute Gasteiger partial charge is 0.326 e. The van der Waals surface area contributed by atoms with E-state index in [4.69, 9.17) is 0 Å². The molecule has 0 bridgehead atoms. The van der Waals surface area contributed by atoms with E-state index in [9.17, 15) is 13.6 Å². The van der Waals surface area contributed by atoms with Crippen LogP contribution in [0.4, 0.5) is 8.78 Å². The number of hydrogen-bond acceptors (Lipinski definition) is 2. The molecule has 2 atom stereocenters. The van der Waals surface area contributed by atoms with Crippen LogP contribution in [0.25, 0.3) is 5.57 Å². The van der Waals surface area contributed by atoms with Crippen molar-refractivity contribution in [1.82, 2.24) is 10.2 Å². The molecule has 31 heavy (non-hydrogen) atoms. The Hall–Kier alpha value is -3.31. The first-order chi connectivity index (χ1) is 15.1. The van der Waals surface area contributed by atoms with Crippen LogP contribution in [-0.4, -0.2) is 23.9 Å². The lowest BCUT2D eigenvalue weighted by Crippen LogP contribution is -2.44. The predicted molar refractivity (Wildman–Crippen MR) is 116 cm³/mol. The van der Waals surface area contributed by atoms with Gasteiger partial charge in [0.05, 0.1) is 6.04 Å². The van der Waals surface area contributed by atoms with Gasteiger partial charge in [-0.1, -0.05) is 60.7 Å². The van der Waals surface area contributed by atoms with Crippen molar-refractivity contribution in [1.29, 1.82) is 0 Å². The molecule has 2 unspecified atom stereocenters. The number of rotatable bonds is 3. The fourth-order valence-corrected chi connectivity index (χ4v) is 4.57. The molecule has 2 aliphatic heterocycles. The normalized spacial score (nSPS) is 20.3. The summed E-state index contributed by atoms with van der Waals surface area (Å²) < 4.78 is 28.4. The van der Waals surface area contributed by atoms with Crippen molar-refractivity contribution in [2.24, 2.45) is 0 Å². The lowest BCUT2D eigenvalue weighted by molar-refractivity contribution is -0.134. The summed E-state index contributed by atoms with van der Waals surface area (Å²) in [6.45, 7) is 0.940. The molecule has 1 amide bonds. The number of amides is 1. The highest BCUT2D eigenvalue weighted by Gasteiger charge is 2.37. The SMILES string of the molecule is O=C(C1NCCc2ccccc21)N1CC(c2cc(F)ccc2F)=CC1c1ccccc1. The topological polar surface area (TPSA) is 32.3 Å². The van der Waals surface area contributed by atoms with Gasteiger partial charge in [-0.25, -0.2) is 8.78 Å². The Morgan fingerprint density at radius 1 is 0.968 bits per heavy atom. The minimum Gasteiger partial charge on any atom is -0.326 e. The highest BCUT2D eigenvalue weighted by molar-refractivity contribution is 5.88. The third kappa shape index (κ3) is 3.66. The summed E-state index contributed by atoms with van der Waals surface area (Å²) >= 11 is 0. The lowest BCUT2D eigenvalue weighted by Gasteiger charge is -2.33. The monoisotopic (exact) mass is 416 g/mol. The molecule has 0 spiro atoms. The van der Waals surface area contributed by atoms with Crippen molar-refractivity contribution in [2.75, 3.05) is 13.1 Å². The highest BCUT2D eigenvalue weighted by atomic mass is 19.1. The molecule has 5 heteroatoms. The Balaban J connectivity index is 1.53. The summed E-state index contributed by atoms with van der Waals surface area (Å²) in [5, 5.41) is 3.35. The molecule has 2 aliphatic rings. The molecule has 0 saturated heterocycles. The van der Waals surface area contributed by atoms with Crippen LogP contribution in [0.1, 0.15) is 34.3 Å². The second-order valence-electron chi connectivity index (χ2n) is 7.97. The smallest absolute Gasteiger partial charge is 0.245 e. The molecule has 0 saturated carbocycles. The molecule has 0 fully saturated rings. The van der Waals surface area contributed by atoms with E-state index in [2.05, 4.69) is 11.4 Å². The number of fused-ring (bicyclic) bond motifs is 1. The molecule has 156 valence electrons. The Morgan fingerprint density at radius 2 is 1.74 bits per heavy atom. The molecule has 0 aliphatic carbocycles. The molecule has 1 N–H and O–H groups in total. The van der Waals surface area contributed by atoms with E-state index in [0.29, 0.717) is 5.57 Å². The first-order valence-electron chi connectivity index (χ1n) is 10.4. The van der Waals surface area contributed by atoms with Gasteiger partial charge in [0.1, 0.15) is 17.7 Å². The highest BCUT2D eigenvalue weighted by Crippen LogP contribution is 2.38. The summed E-state index contributed by atoms with van der Waals surface area (Å²) in [4.78, 5) is 15.5. The van der Waals surface area contributed by atoms with Crippen LogP contribution < -0.4 is 5.32 Å². The molecule has 0 radical (unpaired) electrons. The zero-order valence-electron chi connectivity index (χ0n) is 16.9. The molecule has 3 aromatic rings. The number of nitrogens with one attached hydrogen (secondary N) is 1. The Bertz CT molecular complexity index is 1160. The molecule has 2 heterocycles. The summed E-state index contributed by atoms with van der Waals surface area (Å²) in [5.41, 5.74) is 3.90. The van der Waals surface area contributed by atoms with Crippen molar-refractivity contribution >= 4 is 11.5 Å². The number of hydrogen-bond donors (Lipinski definition) is 1. The van der Waals surface area contributed by atoms with Crippen LogP contribution in [0, 0.1) is 11.6 Å². The second-order valence-corrected chi connectivity index (χ2v) is 7.97. The number of carbonyl (C=O) groups excluding carboxylic acids is 1. The van der Waals surface area contributed by atoms with Crippen molar-refractivity contribution in [2.45, 2.75) is 18.5 Å². The van der Waals surface area contributed by atoms with E-state index in [1.165, 1.54) is 11.6 Å². The Kier molecular flexibility index (Phi) is 5.12. The van der Waals surface area contributed by atoms with Crippen molar-refractivity contribution in [3.05, 3.63) is 113 Å². The molecule has 3 aromatic carbocycles. The third-order valence-corrected chi connectivity index (χ3v) is 6.09. The number of benzene rings is 3. The van der Waals surface area contributed by atoms with Gasteiger partial charge < -0.3 is 10.2 Å². The predicted octanol–water partition coefficient (Wildman–Crippen LogP) is 4.82. The van der Waals surface area contributed by atoms with Gasteiger partial charge in [0.15, 0.2) is 0 Å². The quantitative estimate of drug-likeness (QED) is 0.664. The Labute approximate surface area is 180 Å². The minimum absolute atomic E-state index is 0.0657. The first-order valence-corrected chi connectivity index (χ1v) is 10.4. The van der Waals surface area contributed by atoms with Gasteiger partial charge in [-0.05, 0) is 46.9 Å². The van der Waals surface area contributed by atoms with Crippen LogP contribution in [0.2, 0.25) is 0 Å². The molecule has 5 rings (SSSR count). The maximum absolute atomic E-state index is 14.5. The maximum atomic E-state index is 14.5. The number of halogens is 2. The van der Waals surface area contributed by atoms with Crippen LogP contribution in [-0.2, 0) is 11.2 Å². The fraction of sp³-hybridized carbons (Fsp3) is 0.192.